The number of nitrogens with zero attached hydrogens (tertiary/aromatic N) is 2. The molecule has 0 radical (unpaired) electrons. The lowest BCUT2D eigenvalue weighted by Crippen LogP contribution is -2.36. The van der Waals surface area contributed by atoms with Crippen molar-refractivity contribution < 1.29 is 19.0 Å². The Hall–Kier alpha value is -2.19. The van der Waals surface area contributed by atoms with Crippen molar-refractivity contribution in [2.75, 3.05) is 24.5 Å². The van der Waals surface area contributed by atoms with Crippen LogP contribution in [-0.4, -0.2) is 40.4 Å². The van der Waals surface area contributed by atoms with Gasteiger partial charge in [-0.05, 0) is 51.3 Å². The first-order valence-corrected chi connectivity index (χ1v) is 11.0. The lowest BCUT2D eigenvalue weighted by molar-refractivity contribution is -0.113. The van der Waals surface area contributed by atoms with Crippen molar-refractivity contribution >= 4 is 23.5 Å². The summed E-state index contributed by atoms with van der Waals surface area (Å²) in [6.07, 6.45) is 1.74. The second-order valence-electron chi connectivity index (χ2n) is 8.40. The number of thioether (sulfide) groups is 1. The van der Waals surface area contributed by atoms with Gasteiger partial charge in [-0.25, -0.2) is 4.68 Å². The van der Waals surface area contributed by atoms with Gasteiger partial charge in [0, 0.05) is 12.2 Å². The van der Waals surface area contributed by atoms with Gasteiger partial charge >= 0.3 is 0 Å². The van der Waals surface area contributed by atoms with E-state index in [2.05, 4.69) is 25.2 Å². The Morgan fingerprint density at radius 2 is 2.10 bits per heavy atom. The van der Waals surface area contributed by atoms with E-state index in [0.717, 1.165) is 47.0 Å². The molecule has 29 heavy (non-hydrogen) atoms. The van der Waals surface area contributed by atoms with Crippen LogP contribution < -0.4 is 14.8 Å². The zero-order chi connectivity index (χ0) is 20.2. The van der Waals surface area contributed by atoms with Crippen molar-refractivity contribution in [2.24, 2.45) is 0 Å². The minimum Gasteiger partial charge on any atom is -0.454 e. The number of hydrogen-bond donors (Lipinski definition) is 1. The van der Waals surface area contributed by atoms with Gasteiger partial charge in [-0.3, -0.25) is 4.79 Å². The van der Waals surface area contributed by atoms with Crippen LogP contribution in [0, 0.1) is 6.92 Å². The molecule has 3 aliphatic rings. The molecule has 0 spiro atoms. The topological polar surface area (TPSA) is 74.6 Å². The first-order chi connectivity index (χ1) is 13.9. The molecule has 5 rings (SSSR count). The monoisotopic (exact) mass is 415 g/mol. The van der Waals surface area contributed by atoms with Crippen LogP contribution in [0.2, 0.25) is 0 Å². The van der Waals surface area contributed by atoms with Crippen LogP contribution in [0.25, 0.3) is 0 Å². The SMILES string of the molecule is Cc1nn([C@H]2CCOC(C)(C)C2)c2c1[C@@H](c1ccc3c(c1)OCO3)SCC(=O)N2. The number of carbonyl (C=O) groups is 1. The van der Waals surface area contributed by atoms with Crippen LogP contribution in [0.15, 0.2) is 18.2 Å². The first kappa shape index (κ1) is 18.8. The van der Waals surface area contributed by atoms with E-state index in [-0.39, 0.29) is 29.6 Å². The number of hydrogen-bond acceptors (Lipinski definition) is 6. The summed E-state index contributed by atoms with van der Waals surface area (Å²) in [4.78, 5) is 12.5. The summed E-state index contributed by atoms with van der Waals surface area (Å²) < 4.78 is 18.9. The fraction of sp³-hybridized carbons (Fsp3) is 0.524. The zero-order valence-corrected chi connectivity index (χ0v) is 17.7. The van der Waals surface area contributed by atoms with Gasteiger partial charge in [0.2, 0.25) is 12.7 Å². The molecule has 1 amide bonds. The van der Waals surface area contributed by atoms with Gasteiger partial charge in [0.1, 0.15) is 5.82 Å². The summed E-state index contributed by atoms with van der Waals surface area (Å²) in [6.45, 7) is 7.19. The second kappa shape index (κ2) is 6.95. The summed E-state index contributed by atoms with van der Waals surface area (Å²) in [5.74, 6) is 2.74. The molecule has 4 heterocycles. The molecule has 0 unspecified atom stereocenters. The van der Waals surface area contributed by atoms with Gasteiger partial charge in [-0.15, -0.1) is 11.8 Å². The van der Waals surface area contributed by atoms with E-state index >= 15 is 0 Å². The van der Waals surface area contributed by atoms with E-state index in [1.54, 1.807) is 11.8 Å². The van der Waals surface area contributed by atoms with Crippen LogP contribution in [0.1, 0.15) is 54.8 Å². The molecule has 8 heteroatoms. The van der Waals surface area contributed by atoms with Crippen molar-refractivity contribution in [1.82, 2.24) is 9.78 Å². The molecular weight excluding hydrogens is 390 g/mol. The van der Waals surface area contributed by atoms with E-state index in [9.17, 15) is 4.79 Å². The number of anilines is 1. The van der Waals surface area contributed by atoms with E-state index in [4.69, 9.17) is 19.3 Å². The van der Waals surface area contributed by atoms with Gasteiger partial charge < -0.3 is 19.5 Å². The second-order valence-corrected chi connectivity index (χ2v) is 9.49. The molecule has 3 aliphatic heterocycles. The Balaban J connectivity index is 1.58. The van der Waals surface area contributed by atoms with Gasteiger partial charge in [-0.1, -0.05) is 6.07 Å². The number of ether oxygens (including phenoxy) is 3. The molecule has 1 fully saturated rings. The van der Waals surface area contributed by atoms with Crippen molar-refractivity contribution in [3.8, 4) is 11.5 Å². The third-order valence-electron chi connectivity index (χ3n) is 5.75. The molecular formula is C21H25N3O4S. The van der Waals surface area contributed by atoms with Crippen molar-refractivity contribution in [3.63, 3.8) is 0 Å². The van der Waals surface area contributed by atoms with Crippen LogP contribution in [0.4, 0.5) is 5.82 Å². The molecule has 0 aliphatic carbocycles. The molecule has 1 aromatic heterocycles. The summed E-state index contributed by atoms with van der Waals surface area (Å²) in [5, 5.41) is 8.02. The number of fused-ring (bicyclic) bond motifs is 2. The highest BCUT2D eigenvalue weighted by Crippen LogP contribution is 2.47. The normalized spacial score (nSPS) is 25.3. The molecule has 2 aromatic rings. The maximum Gasteiger partial charge on any atom is 0.235 e. The standard InChI is InChI=1S/C21H25N3O4S/c1-12-18-19(13-4-5-15-16(8-13)27-11-26-15)29-10-17(25)22-20(18)24(23-12)14-6-7-28-21(2,3)9-14/h4-5,8,14,19H,6-7,9-11H2,1-3H3,(H,22,25)/t14-,19+/m0/s1. The van der Waals surface area contributed by atoms with E-state index in [0.29, 0.717) is 12.4 Å². The van der Waals surface area contributed by atoms with E-state index in [1.807, 2.05) is 23.7 Å². The van der Waals surface area contributed by atoms with Gasteiger partial charge in [0.15, 0.2) is 11.5 Å². The number of benzene rings is 1. The van der Waals surface area contributed by atoms with Gasteiger partial charge in [0.05, 0.1) is 28.3 Å². The minimum atomic E-state index is -0.199. The Morgan fingerprint density at radius 3 is 2.93 bits per heavy atom. The van der Waals surface area contributed by atoms with Crippen LogP contribution in [-0.2, 0) is 9.53 Å². The maximum atomic E-state index is 12.5. The molecule has 0 saturated carbocycles. The average Bonchev–Trinajstić information content (AvgIpc) is 3.21. The summed E-state index contributed by atoms with van der Waals surface area (Å²) in [7, 11) is 0. The number of nitrogens with one attached hydrogen (secondary N) is 1. The van der Waals surface area contributed by atoms with Crippen LogP contribution in [0.3, 0.4) is 0 Å². The largest absolute Gasteiger partial charge is 0.454 e. The summed E-state index contributed by atoms with van der Waals surface area (Å²) in [6, 6.07) is 6.22. The average molecular weight is 416 g/mol. The lowest BCUT2D eigenvalue weighted by atomic mass is 9.94. The number of amides is 1. The first-order valence-electron chi connectivity index (χ1n) is 9.95. The van der Waals surface area contributed by atoms with Crippen molar-refractivity contribution in [2.45, 2.75) is 50.5 Å². The van der Waals surface area contributed by atoms with Crippen molar-refractivity contribution in [3.05, 3.63) is 35.0 Å². The molecule has 7 nitrogen and oxygen atoms in total. The zero-order valence-electron chi connectivity index (χ0n) is 16.9. The smallest absolute Gasteiger partial charge is 0.235 e. The molecule has 0 bridgehead atoms. The summed E-state index contributed by atoms with van der Waals surface area (Å²) >= 11 is 1.62. The summed E-state index contributed by atoms with van der Waals surface area (Å²) in [5.41, 5.74) is 2.91. The Bertz CT molecular complexity index is 971. The third kappa shape index (κ3) is 3.38. The molecule has 1 N–H and O–H groups in total. The number of aryl methyl sites for hydroxylation is 1. The molecule has 2 atom stereocenters. The molecule has 1 aromatic carbocycles. The number of rotatable bonds is 2. The lowest BCUT2D eigenvalue weighted by Gasteiger charge is -2.36. The van der Waals surface area contributed by atoms with E-state index < -0.39 is 0 Å². The number of aromatic nitrogens is 2. The maximum absolute atomic E-state index is 12.5. The predicted octanol–water partition coefficient (Wildman–Crippen LogP) is 3.83. The van der Waals surface area contributed by atoms with Crippen LogP contribution >= 0.6 is 11.8 Å². The van der Waals surface area contributed by atoms with Gasteiger partial charge in [-0.2, -0.15) is 5.10 Å². The Kier molecular flexibility index (Phi) is 4.51. The predicted molar refractivity (Wildman–Crippen MR) is 111 cm³/mol. The Morgan fingerprint density at radius 1 is 1.28 bits per heavy atom. The van der Waals surface area contributed by atoms with E-state index in [1.165, 1.54) is 0 Å². The fourth-order valence-corrected chi connectivity index (χ4v) is 5.60. The highest BCUT2D eigenvalue weighted by molar-refractivity contribution is 8.00. The van der Waals surface area contributed by atoms with Crippen LogP contribution in [0.5, 0.6) is 11.5 Å². The molecule has 1 saturated heterocycles. The molecule has 154 valence electrons. The highest BCUT2D eigenvalue weighted by atomic mass is 32.2. The highest BCUT2D eigenvalue weighted by Gasteiger charge is 2.36. The third-order valence-corrected chi connectivity index (χ3v) is 7.02. The Labute approximate surface area is 174 Å². The fourth-order valence-electron chi connectivity index (χ4n) is 4.42. The van der Waals surface area contributed by atoms with Crippen molar-refractivity contribution in [1.29, 1.82) is 0 Å². The number of carbonyl (C=O) groups excluding carboxylic acids is 1. The van der Waals surface area contributed by atoms with Gasteiger partial charge in [0.25, 0.3) is 0 Å². The minimum absolute atomic E-state index is 0.0000470. The quantitative estimate of drug-likeness (QED) is 0.804.